The number of amides is 1. The van der Waals surface area contributed by atoms with E-state index in [-0.39, 0.29) is 5.91 Å². The molecule has 0 saturated carbocycles. The molecule has 20 heavy (non-hydrogen) atoms. The van der Waals surface area contributed by atoms with Crippen LogP contribution in [0.1, 0.15) is 31.4 Å². The molecular formula is C17H24N2O. The van der Waals surface area contributed by atoms with Crippen LogP contribution in [0.15, 0.2) is 35.9 Å². The van der Waals surface area contributed by atoms with Crippen LogP contribution in [0.2, 0.25) is 0 Å². The number of carbonyl (C=O) groups excluding carboxylic acids is 1. The number of nitrogens with one attached hydrogen (secondary N) is 2. The summed E-state index contributed by atoms with van der Waals surface area (Å²) in [5.74, 6) is 0.0841. The number of aryl methyl sites for hydroxylation is 1. The van der Waals surface area contributed by atoms with Crippen molar-refractivity contribution in [2.45, 2.75) is 32.6 Å². The Morgan fingerprint density at radius 3 is 2.60 bits per heavy atom. The van der Waals surface area contributed by atoms with Crippen LogP contribution in [0.5, 0.6) is 0 Å². The maximum Gasteiger partial charge on any atom is 0.230 e. The number of carbonyl (C=O) groups is 1. The van der Waals surface area contributed by atoms with Gasteiger partial charge in [-0.15, -0.1) is 0 Å². The van der Waals surface area contributed by atoms with Gasteiger partial charge in [0.25, 0.3) is 0 Å². The molecule has 3 heteroatoms. The minimum Gasteiger partial charge on any atom is -0.352 e. The third-order valence-electron chi connectivity index (χ3n) is 3.97. The Kier molecular flexibility index (Phi) is 4.61. The molecule has 0 aromatic heterocycles. The molecule has 1 aromatic rings. The second-order valence-electron chi connectivity index (χ2n) is 5.99. The van der Waals surface area contributed by atoms with Crippen LogP contribution in [0.25, 0.3) is 0 Å². The van der Waals surface area contributed by atoms with Crippen molar-refractivity contribution in [2.24, 2.45) is 0 Å². The molecule has 1 heterocycles. The van der Waals surface area contributed by atoms with Gasteiger partial charge >= 0.3 is 0 Å². The van der Waals surface area contributed by atoms with Crippen LogP contribution in [-0.4, -0.2) is 25.5 Å². The number of benzene rings is 1. The fourth-order valence-corrected chi connectivity index (χ4v) is 2.35. The van der Waals surface area contributed by atoms with Crippen LogP contribution >= 0.6 is 0 Å². The van der Waals surface area contributed by atoms with Crippen LogP contribution in [0, 0.1) is 6.92 Å². The fourth-order valence-electron chi connectivity index (χ4n) is 2.35. The van der Waals surface area contributed by atoms with E-state index in [1.807, 2.05) is 26.0 Å². The topological polar surface area (TPSA) is 41.1 Å². The monoisotopic (exact) mass is 272 g/mol. The quantitative estimate of drug-likeness (QED) is 0.826. The molecule has 108 valence electrons. The average Bonchev–Trinajstić information content (AvgIpc) is 2.46. The van der Waals surface area contributed by atoms with Crippen LogP contribution in [-0.2, 0) is 10.2 Å². The summed E-state index contributed by atoms with van der Waals surface area (Å²) < 4.78 is 0. The summed E-state index contributed by atoms with van der Waals surface area (Å²) in [7, 11) is 0. The van der Waals surface area contributed by atoms with Gasteiger partial charge < -0.3 is 10.6 Å². The van der Waals surface area contributed by atoms with Gasteiger partial charge in [0.1, 0.15) is 0 Å². The van der Waals surface area contributed by atoms with E-state index in [0.717, 1.165) is 25.1 Å². The molecule has 0 radical (unpaired) electrons. The molecule has 3 nitrogen and oxygen atoms in total. The highest BCUT2D eigenvalue weighted by Crippen LogP contribution is 2.23. The molecule has 0 saturated heterocycles. The highest BCUT2D eigenvalue weighted by Gasteiger charge is 2.29. The van der Waals surface area contributed by atoms with Gasteiger partial charge in [-0.05, 0) is 39.3 Å². The fraction of sp³-hybridized carbons (Fsp3) is 0.471. The first-order valence-electron chi connectivity index (χ1n) is 7.24. The lowest BCUT2D eigenvalue weighted by Crippen LogP contribution is -2.41. The van der Waals surface area contributed by atoms with E-state index in [1.54, 1.807) is 0 Å². The van der Waals surface area contributed by atoms with Crippen molar-refractivity contribution in [3.05, 3.63) is 47.0 Å². The predicted octanol–water partition coefficient (Wildman–Crippen LogP) is 2.31. The first-order valence-corrected chi connectivity index (χ1v) is 7.24. The van der Waals surface area contributed by atoms with Gasteiger partial charge in [-0.1, -0.05) is 41.5 Å². The highest BCUT2D eigenvalue weighted by atomic mass is 16.2. The maximum atomic E-state index is 12.4. The zero-order chi connectivity index (χ0) is 14.6. The van der Waals surface area contributed by atoms with Crippen molar-refractivity contribution in [1.29, 1.82) is 0 Å². The van der Waals surface area contributed by atoms with E-state index in [9.17, 15) is 4.79 Å². The van der Waals surface area contributed by atoms with Crippen molar-refractivity contribution in [2.75, 3.05) is 19.6 Å². The molecule has 1 aliphatic rings. The molecule has 0 atom stereocenters. The second-order valence-corrected chi connectivity index (χ2v) is 5.99. The summed E-state index contributed by atoms with van der Waals surface area (Å²) in [6.45, 7) is 8.58. The predicted molar refractivity (Wildman–Crippen MR) is 82.8 cm³/mol. The highest BCUT2D eigenvalue weighted by molar-refractivity contribution is 5.87. The number of hydrogen-bond acceptors (Lipinski definition) is 2. The molecule has 0 fully saturated rings. The Bertz CT molecular complexity index is 500. The second kappa shape index (κ2) is 6.23. The van der Waals surface area contributed by atoms with E-state index in [4.69, 9.17) is 0 Å². The SMILES string of the molecule is Cc1ccc(C(C)(C)C(=O)NCC2=CCNCC2)cc1. The molecular weight excluding hydrogens is 248 g/mol. The third-order valence-corrected chi connectivity index (χ3v) is 3.97. The van der Waals surface area contributed by atoms with E-state index in [0.29, 0.717) is 6.54 Å². The van der Waals surface area contributed by atoms with Crippen LogP contribution in [0.4, 0.5) is 0 Å². The standard InChI is InChI=1S/C17H24N2O/c1-13-4-6-15(7-5-13)17(2,3)16(20)19-12-14-8-10-18-11-9-14/h4-8,18H,9-12H2,1-3H3,(H,19,20). The van der Waals surface area contributed by atoms with E-state index in [1.165, 1.54) is 11.1 Å². The Morgan fingerprint density at radius 1 is 1.30 bits per heavy atom. The Balaban J connectivity index is 1.99. The first kappa shape index (κ1) is 14.8. The lowest BCUT2D eigenvalue weighted by Gasteiger charge is -2.25. The largest absolute Gasteiger partial charge is 0.352 e. The Labute approximate surface area is 121 Å². The normalized spacial score (nSPS) is 15.7. The third kappa shape index (κ3) is 3.48. The van der Waals surface area contributed by atoms with E-state index >= 15 is 0 Å². The average molecular weight is 272 g/mol. The lowest BCUT2D eigenvalue weighted by molar-refractivity contribution is -0.125. The van der Waals surface area contributed by atoms with Crippen molar-refractivity contribution < 1.29 is 4.79 Å². The minimum atomic E-state index is -0.499. The van der Waals surface area contributed by atoms with Gasteiger partial charge in [-0.3, -0.25) is 4.79 Å². The van der Waals surface area contributed by atoms with Gasteiger partial charge in [-0.2, -0.15) is 0 Å². The summed E-state index contributed by atoms with van der Waals surface area (Å²) in [5, 5.41) is 6.35. The van der Waals surface area contributed by atoms with Crippen molar-refractivity contribution in [3.8, 4) is 0 Å². The van der Waals surface area contributed by atoms with E-state index < -0.39 is 5.41 Å². The number of rotatable bonds is 4. The summed E-state index contributed by atoms with van der Waals surface area (Å²) in [4.78, 5) is 12.4. The molecule has 0 spiro atoms. The van der Waals surface area contributed by atoms with Gasteiger partial charge in [0.2, 0.25) is 5.91 Å². The van der Waals surface area contributed by atoms with Gasteiger partial charge in [-0.25, -0.2) is 0 Å². The molecule has 1 amide bonds. The van der Waals surface area contributed by atoms with Crippen LogP contribution in [0.3, 0.4) is 0 Å². The maximum absolute atomic E-state index is 12.4. The number of hydrogen-bond donors (Lipinski definition) is 2. The van der Waals surface area contributed by atoms with Crippen LogP contribution < -0.4 is 10.6 Å². The van der Waals surface area contributed by atoms with Gasteiger partial charge in [0.05, 0.1) is 5.41 Å². The molecule has 0 unspecified atom stereocenters. The summed E-state index contributed by atoms with van der Waals surface area (Å²) in [5.41, 5.74) is 3.09. The van der Waals surface area contributed by atoms with E-state index in [2.05, 4.69) is 35.8 Å². The zero-order valence-corrected chi connectivity index (χ0v) is 12.6. The molecule has 0 bridgehead atoms. The summed E-state index contributed by atoms with van der Waals surface area (Å²) in [6, 6.07) is 8.19. The molecule has 1 aromatic carbocycles. The Morgan fingerprint density at radius 2 is 2.00 bits per heavy atom. The Hall–Kier alpha value is -1.61. The smallest absolute Gasteiger partial charge is 0.230 e. The summed E-state index contributed by atoms with van der Waals surface area (Å²) >= 11 is 0. The summed E-state index contributed by atoms with van der Waals surface area (Å²) in [6.07, 6.45) is 3.19. The molecule has 1 aliphatic heterocycles. The first-order chi connectivity index (χ1) is 9.50. The van der Waals surface area contributed by atoms with Crippen molar-refractivity contribution in [3.63, 3.8) is 0 Å². The van der Waals surface area contributed by atoms with Crippen molar-refractivity contribution in [1.82, 2.24) is 10.6 Å². The molecule has 0 aliphatic carbocycles. The minimum absolute atomic E-state index is 0.0841. The zero-order valence-electron chi connectivity index (χ0n) is 12.6. The van der Waals surface area contributed by atoms with Gasteiger partial charge in [0, 0.05) is 13.1 Å². The van der Waals surface area contributed by atoms with Gasteiger partial charge in [0.15, 0.2) is 0 Å². The molecule has 2 N–H and O–H groups in total. The van der Waals surface area contributed by atoms with Crippen molar-refractivity contribution >= 4 is 5.91 Å². The molecule has 2 rings (SSSR count). The lowest BCUT2D eigenvalue weighted by atomic mass is 9.83.